The highest BCUT2D eigenvalue weighted by molar-refractivity contribution is 6.74. The third-order valence-electron chi connectivity index (χ3n) is 5.09. The fraction of sp³-hybridized carbons (Fsp3) is 0.762. The van der Waals surface area contributed by atoms with E-state index in [1.54, 1.807) is 0 Å². The maximum absolute atomic E-state index is 12.2. The molecule has 152 valence electrons. The molecule has 0 spiro atoms. The molecule has 3 nitrogen and oxygen atoms in total. The Balaban J connectivity index is 4.89. The second-order valence-corrected chi connectivity index (χ2v) is 15.1. The van der Waals surface area contributed by atoms with E-state index in [9.17, 15) is 4.79 Å². The Hall–Kier alpha value is -0.423. The standard InChI is InChI=1S/C21H40ClNO2Si/c1-16(22)14-15-17(25-26(8,9)21(5,6)7)12-10-11-13-18(24)19(23)20(2,3)4/h10-11,14,17,19H,12-13,15,23H2,1-9H3/b11-10-,16-14+/t17-,19-/m1/s1. The van der Waals surface area contributed by atoms with E-state index in [2.05, 4.69) is 33.9 Å². The highest BCUT2D eigenvalue weighted by atomic mass is 35.5. The number of carbonyl (C=O) groups excluding carboxylic acids is 1. The van der Waals surface area contributed by atoms with Crippen molar-refractivity contribution in [3.05, 3.63) is 23.3 Å². The average Bonchev–Trinajstić information content (AvgIpc) is 2.45. The van der Waals surface area contributed by atoms with Crippen molar-refractivity contribution in [2.75, 3.05) is 0 Å². The van der Waals surface area contributed by atoms with Gasteiger partial charge >= 0.3 is 0 Å². The van der Waals surface area contributed by atoms with Crippen LogP contribution < -0.4 is 5.73 Å². The molecular formula is C21H40ClNO2Si. The van der Waals surface area contributed by atoms with E-state index < -0.39 is 14.4 Å². The number of carbonyl (C=O) groups is 1. The minimum Gasteiger partial charge on any atom is -0.413 e. The summed E-state index contributed by atoms with van der Waals surface area (Å²) >= 11 is 6.00. The van der Waals surface area contributed by atoms with Crippen LogP contribution in [0.5, 0.6) is 0 Å². The minimum absolute atomic E-state index is 0.0760. The number of hydrogen-bond donors (Lipinski definition) is 1. The fourth-order valence-electron chi connectivity index (χ4n) is 2.14. The Kier molecular flexibility index (Phi) is 10.0. The summed E-state index contributed by atoms with van der Waals surface area (Å²) in [5.74, 6) is 0.0760. The van der Waals surface area contributed by atoms with E-state index in [1.807, 2.05) is 45.9 Å². The Morgan fingerprint density at radius 3 is 2.08 bits per heavy atom. The van der Waals surface area contributed by atoms with Crippen LogP contribution in [0.4, 0.5) is 0 Å². The SMILES string of the molecule is C/C(Cl)=C\C[C@@H](C/C=C\CC(=O)[C@@H](N)C(C)(C)C)O[Si](C)(C)C(C)(C)C. The smallest absolute Gasteiger partial charge is 0.192 e. The van der Waals surface area contributed by atoms with E-state index in [0.717, 1.165) is 17.9 Å². The van der Waals surface area contributed by atoms with Gasteiger partial charge in [0.1, 0.15) is 0 Å². The predicted octanol–water partition coefficient (Wildman–Crippen LogP) is 6.19. The topological polar surface area (TPSA) is 52.3 Å². The second-order valence-electron chi connectivity index (χ2n) is 9.75. The van der Waals surface area contributed by atoms with Crippen molar-refractivity contribution in [2.24, 2.45) is 11.1 Å². The van der Waals surface area contributed by atoms with Crippen molar-refractivity contribution in [1.29, 1.82) is 0 Å². The zero-order valence-electron chi connectivity index (χ0n) is 18.3. The largest absolute Gasteiger partial charge is 0.413 e. The molecule has 0 fully saturated rings. The van der Waals surface area contributed by atoms with Crippen molar-refractivity contribution >= 4 is 25.7 Å². The van der Waals surface area contributed by atoms with Gasteiger partial charge in [0.15, 0.2) is 14.1 Å². The van der Waals surface area contributed by atoms with Crippen molar-refractivity contribution in [3.63, 3.8) is 0 Å². The molecule has 0 heterocycles. The molecule has 26 heavy (non-hydrogen) atoms. The van der Waals surface area contributed by atoms with E-state index in [4.69, 9.17) is 21.8 Å². The number of rotatable bonds is 9. The maximum Gasteiger partial charge on any atom is 0.192 e. The number of ketones is 1. The molecule has 0 rings (SSSR count). The molecule has 0 aliphatic carbocycles. The zero-order chi connectivity index (χ0) is 20.8. The highest BCUT2D eigenvalue weighted by Crippen LogP contribution is 2.38. The van der Waals surface area contributed by atoms with Gasteiger partial charge in [-0.2, -0.15) is 0 Å². The minimum atomic E-state index is -1.86. The molecule has 0 unspecified atom stereocenters. The van der Waals surface area contributed by atoms with Gasteiger partial charge in [-0.15, -0.1) is 0 Å². The molecule has 0 saturated heterocycles. The Labute approximate surface area is 167 Å². The lowest BCUT2D eigenvalue weighted by Gasteiger charge is -2.39. The molecule has 0 aromatic rings. The van der Waals surface area contributed by atoms with Gasteiger partial charge in [0.05, 0.1) is 12.1 Å². The summed E-state index contributed by atoms with van der Waals surface area (Å²) in [7, 11) is -1.86. The third kappa shape index (κ3) is 9.49. The Bertz CT molecular complexity index is 509. The molecule has 0 aliphatic rings. The van der Waals surface area contributed by atoms with E-state index >= 15 is 0 Å². The van der Waals surface area contributed by atoms with Crippen molar-refractivity contribution in [3.8, 4) is 0 Å². The first-order chi connectivity index (χ1) is 11.6. The normalized spacial score (nSPS) is 16.8. The van der Waals surface area contributed by atoms with Crippen molar-refractivity contribution < 1.29 is 9.22 Å². The second kappa shape index (κ2) is 10.2. The zero-order valence-corrected chi connectivity index (χ0v) is 20.0. The summed E-state index contributed by atoms with van der Waals surface area (Å²) in [5, 5.41) is 0.938. The molecule has 0 saturated carbocycles. The van der Waals surface area contributed by atoms with E-state index in [0.29, 0.717) is 6.42 Å². The number of allylic oxidation sites excluding steroid dienone is 2. The monoisotopic (exact) mass is 401 g/mol. The van der Waals surface area contributed by atoms with Gasteiger partial charge in [-0.1, -0.05) is 71.4 Å². The summed E-state index contributed by atoms with van der Waals surface area (Å²) in [6.45, 7) is 19.1. The summed E-state index contributed by atoms with van der Waals surface area (Å²) in [6.07, 6.45) is 7.97. The van der Waals surface area contributed by atoms with Crippen LogP contribution in [-0.4, -0.2) is 26.2 Å². The van der Waals surface area contributed by atoms with Crippen LogP contribution in [-0.2, 0) is 9.22 Å². The van der Waals surface area contributed by atoms with Crippen LogP contribution in [0.2, 0.25) is 18.1 Å². The molecule has 0 aliphatic heterocycles. The third-order valence-corrected chi connectivity index (χ3v) is 9.78. The van der Waals surface area contributed by atoms with Gasteiger partial charge in [-0.25, -0.2) is 0 Å². The van der Waals surface area contributed by atoms with Crippen LogP contribution in [0.3, 0.4) is 0 Å². The van der Waals surface area contributed by atoms with Gasteiger partial charge in [-0.05, 0) is 43.3 Å². The lowest BCUT2D eigenvalue weighted by molar-refractivity contribution is -0.121. The molecule has 0 aromatic carbocycles. The first-order valence-electron chi connectivity index (χ1n) is 9.51. The Morgan fingerprint density at radius 2 is 1.65 bits per heavy atom. The summed E-state index contributed by atoms with van der Waals surface area (Å²) in [6, 6.07) is -0.437. The van der Waals surface area contributed by atoms with Gasteiger partial charge in [0.2, 0.25) is 0 Å². The van der Waals surface area contributed by atoms with Crippen LogP contribution in [0, 0.1) is 5.41 Å². The average molecular weight is 402 g/mol. The Morgan fingerprint density at radius 1 is 1.12 bits per heavy atom. The molecule has 0 radical (unpaired) electrons. The van der Waals surface area contributed by atoms with Gasteiger partial charge in [-0.3, -0.25) is 4.79 Å². The molecule has 5 heteroatoms. The number of Topliss-reactive ketones (excluding diaryl/α,β-unsaturated/α-hetero) is 1. The van der Waals surface area contributed by atoms with Crippen LogP contribution in [0.1, 0.15) is 67.7 Å². The molecule has 2 N–H and O–H groups in total. The highest BCUT2D eigenvalue weighted by Gasteiger charge is 2.38. The van der Waals surface area contributed by atoms with E-state index in [1.165, 1.54) is 0 Å². The van der Waals surface area contributed by atoms with Gasteiger partial charge < -0.3 is 10.2 Å². The molecule has 2 atom stereocenters. The molecule has 0 amide bonds. The van der Waals surface area contributed by atoms with Crippen molar-refractivity contribution in [1.82, 2.24) is 0 Å². The van der Waals surface area contributed by atoms with Crippen molar-refractivity contribution in [2.45, 2.75) is 98.0 Å². The number of halogens is 1. The van der Waals surface area contributed by atoms with Crippen LogP contribution in [0.25, 0.3) is 0 Å². The first-order valence-corrected chi connectivity index (χ1v) is 12.8. The number of nitrogens with two attached hydrogens (primary N) is 1. The molecule has 0 bridgehead atoms. The van der Waals surface area contributed by atoms with Crippen LogP contribution >= 0.6 is 11.6 Å². The maximum atomic E-state index is 12.2. The summed E-state index contributed by atoms with van der Waals surface area (Å²) < 4.78 is 6.54. The fourth-order valence-corrected chi connectivity index (χ4v) is 3.61. The lowest BCUT2D eigenvalue weighted by atomic mass is 9.84. The molecular weight excluding hydrogens is 362 g/mol. The van der Waals surface area contributed by atoms with Crippen LogP contribution in [0.15, 0.2) is 23.3 Å². The lowest BCUT2D eigenvalue weighted by Crippen LogP contribution is -2.43. The summed E-state index contributed by atoms with van der Waals surface area (Å²) in [4.78, 5) is 12.2. The predicted molar refractivity (Wildman–Crippen MR) is 117 cm³/mol. The molecule has 0 aromatic heterocycles. The quantitative estimate of drug-likeness (QED) is 0.370. The first kappa shape index (κ1) is 25.6. The summed E-state index contributed by atoms with van der Waals surface area (Å²) in [5.41, 5.74) is 5.82. The van der Waals surface area contributed by atoms with E-state index in [-0.39, 0.29) is 22.3 Å². The number of hydrogen-bond acceptors (Lipinski definition) is 3. The van der Waals surface area contributed by atoms with Gasteiger partial charge in [0.25, 0.3) is 0 Å². The van der Waals surface area contributed by atoms with Gasteiger partial charge in [0, 0.05) is 11.5 Å².